The van der Waals surface area contributed by atoms with Crippen molar-refractivity contribution in [1.29, 1.82) is 5.26 Å². The average Bonchev–Trinajstić information content (AvgIpc) is 3.20. The van der Waals surface area contributed by atoms with E-state index in [1.807, 2.05) is 0 Å². The van der Waals surface area contributed by atoms with Crippen molar-refractivity contribution >= 4 is 29.4 Å². The van der Waals surface area contributed by atoms with Gasteiger partial charge in [0.25, 0.3) is 5.91 Å². The fourth-order valence-corrected chi connectivity index (χ4v) is 2.62. The number of ketones is 1. The van der Waals surface area contributed by atoms with Gasteiger partial charge in [-0.3, -0.25) is 9.59 Å². The number of nitriles is 1. The number of amides is 1. The van der Waals surface area contributed by atoms with Crippen molar-refractivity contribution in [1.82, 2.24) is 0 Å². The molecule has 0 bridgehead atoms. The summed E-state index contributed by atoms with van der Waals surface area (Å²) >= 11 is 0. The molecule has 0 fully saturated rings. The number of anilines is 1. The first kappa shape index (κ1) is 20.6. The molecule has 1 aliphatic rings. The normalized spacial score (nSPS) is 13.2. The highest BCUT2D eigenvalue weighted by Crippen LogP contribution is 2.33. The zero-order valence-corrected chi connectivity index (χ0v) is 16.3. The number of carbonyl (C=O) groups excluding carboxylic acids is 3. The molecular weight excluding hydrogens is 388 g/mol. The van der Waals surface area contributed by atoms with E-state index in [1.165, 1.54) is 19.9 Å². The largest absolute Gasteiger partial charge is 0.454 e. The lowest BCUT2D eigenvalue weighted by Gasteiger charge is -2.13. The minimum atomic E-state index is -1.14. The van der Waals surface area contributed by atoms with E-state index in [0.29, 0.717) is 28.3 Å². The van der Waals surface area contributed by atoms with Gasteiger partial charge in [0.2, 0.25) is 6.79 Å². The van der Waals surface area contributed by atoms with Gasteiger partial charge in [-0.15, -0.1) is 0 Å². The summed E-state index contributed by atoms with van der Waals surface area (Å²) in [6.45, 7) is 2.95. The molecule has 30 heavy (non-hydrogen) atoms. The fraction of sp³-hybridized carbons (Fsp3) is 0.182. The Morgan fingerprint density at radius 3 is 2.50 bits per heavy atom. The van der Waals surface area contributed by atoms with Gasteiger partial charge in [-0.1, -0.05) is 6.07 Å². The molecule has 1 amide bonds. The lowest BCUT2D eigenvalue weighted by molar-refractivity contribution is -0.148. The predicted octanol–water partition coefficient (Wildman–Crippen LogP) is 3.10. The molecule has 8 nitrogen and oxygen atoms in total. The van der Waals surface area contributed by atoms with Crippen LogP contribution in [0.5, 0.6) is 11.5 Å². The van der Waals surface area contributed by atoms with Crippen LogP contribution in [0.1, 0.15) is 29.8 Å². The molecule has 0 aliphatic carbocycles. The lowest BCUT2D eigenvalue weighted by atomic mass is 10.1. The van der Waals surface area contributed by atoms with Gasteiger partial charge < -0.3 is 19.5 Å². The molecule has 0 aromatic heterocycles. The number of rotatable bonds is 6. The molecule has 1 heterocycles. The van der Waals surface area contributed by atoms with Crippen molar-refractivity contribution in [2.45, 2.75) is 20.0 Å². The Morgan fingerprint density at radius 1 is 1.13 bits per heavy atom. The summed E-state index contributed by atoms with van der Waals surface area (Å²) in [5.41, 5.74) is 1.25. The summed E-state index contributed by atoms with van der Waals surface area (Å²) in [5.74, 6) is -0.495. The van der Waals surface area contributed by atoms with Gasteiger partial charge in [-0.05, 0) is 61.9 Å². The van der Waals surface area contributed by atoms with Crippen LogP contribution in [0.3, 0.4) is 0 Å². The Kier molecular flexibility index (Phi) is 6.13. The number of benzene rings is 2. The lowest BCUT2D eigenvalue weighted by Crippen LogP contribution is -2.30. The van der Waals surface area contributed by atoms with E-state index in [-0.39, 0.29) is 18.1 Å². The number of Topliss-reactive ketones (excluding diaryl/α,β-unsaturated/α-hetero) is 1. The van der Waals surface area contributed by atoms with E-state index in [2.05, 4.69) is 5.32 Å². The van der Waals surface area contributed by atoms with E-state index in [9.17, 15) is 19.6 Å². The number of nitrogens with one attached hydrogen (secondary N) is 1. The van der Waals surface area contributed by atoms with Crippen LogP contribution in [0.4, 0.5) is 5.69 Å². The van der Waals surface area contributed by atoms with Gasteiger partial charge in [0.05, 0.1) is 0 Å². The third kappa shape index (κ3) is 4.83. The number of ether oxygens (including phenoxy) is 3. The van der Waals surface area contributed by atoms with Gasteiger partial charge in [-0.2, -0.15) is 5.26 Å². The molecule has 0 radical (unpaired) electrons. The van der Waals surface area contributed by atoms with Crippen LogP contribution in [-0.4, -0.2) is 30.6 Å². The van der Waals surface area contributed by atoms with Crippen LogP contribution >= 0.6 is 0 Å². The zero-order valence-electron chi connectivity index (χ0n) is 16.3. The molecule has 1 atom stereocenters. The highest BCUT2D eigenvalue weighted by Gasteiger charge is 2.21. The quantitative estimate of drug-likeness (QED) is 0.339. The van der Waals surface area contributed by atoms with E-state index < -0.39 is 18.0 Å². The first-order chi connectivity index (χ1) is 14.4. The summed E-state index contributed by atoms with van der Waals surface area (Å²) in [7, 11) is 0. The van der Waals surface area contributed by atoms with Crippen molar-refractivity contribution in [3.8, 4) is 17.6 Å². The first-order valence-electron chi connectivity index (χ1n) is 9.01. The molecule has 1 aliphatic heterocycles. The van der Waals surface area contributed by atoms with Crippen LogP contribution in [0.2, 0.25) is 0 Å². The summed E-state index contributed by atoms with van der Waals surface area (Å²) in [5, 5.41) is 11.9. The highest BCUT2D eigenvalue weighted by atomic mass is 16.7. The second kappa shape index (κ2) is 8.92. The zero-order chi connectivity index (χ0) is 21.7. The summed E-state index contributed by atoms with van der Waals surface area (Å²) in [4.78, 5) is 35.9. The van der Waals surface area contributed by atoms with E-state index in [1.54, 1.807) is 48.5 Å². The Balaban J connectivity index is 1.63. The molecule has 2 aromatic rings. The van der Waals surface area contributed by atoms with Gasteiger partial charge in [0.15, 0.2) is 23.4 Å². The molecule has 1 N–H and O–H groups in total. The third-order valence-corrected chi connectivity index (χ3v) is 4.26. The van der Waals surface area contributed by atoms with E-state index >= 15 is 0 Å². The number of carbonyl (C=O) groups is 3. The number of hydrogen-bond acceptors (Lipinski definition) is 7. The van der Waals surface area contributed by atoms with Crippen LogP contribution in [0.25, 0.3) is 6.08 Å². The van der Waals surface area contributed by atoms with Crippen LogP contribution in [-0.2, 0) is 14.3 Å². The van der Waals surface area contributed by atoms with Crippen molar-refractivity contribution in [2.75, 3.05) is 12.1 Å². The van der Waals surface area contributed by atoms with Crippen molar-refractivity contribution in [2.24, 2.45) is 0 Å². The van der Waals surface area contributed by atoms with Crippen LogP contribution in [0.15, 0.2) is 48.0 Å². The molecular formula is C22H18N2O6. The Labute approximate surface area is 172 Å². The van der Waals surface area contributed by atoms with Crippen molar-refractivity contribution in [3.05, 3.63) is 59.2 Å². The Bertz CT molecular complexity index is 1070. The van der Waals surface area contributed by atoms with Gasteiger partial charge in [0.1, 0.15) is 11.6 Å². The number of hydrogen-bond donors (Lipinski definition) is 1. The third-order valence-electron chi connectivity index (χ3n) is 4.26. The minimum absolute atomic E-state index is 0.0894. The van der Waals surface area contributed by atoms with Gasteiger partial charge >= 0.3 is 5.97 Å². The van der Waals surface area contributed by atoms with E-state index in [4.69, 9.17) is 14.2 Å². The number of esters is 1. The number of fused-ring (bicyclic) bond motifs is 1. The fourth-order valence-electron chi connectivity index (χ4n) is 2.62. The minimum Gasteiger partial charge on any atom is -0.454 e. The van der Waals surface area contributed by atoms with E-state index in [0.717, 1.165) is 0 Å². The Hall–Kier alpha value is -4.12. The van der Waals surface area contributed by atoms with Gasteiger partial charge in [-0.25, -0.2) is 4.79 Å². The topological polar surface area (TPSA) is 115 Å². The Morgan fingerprint density at radius 2 is 1.83 bits per heavy atom. The summed E-state index contributed by atoms with van der Waals surface area (Å²) in [6, 6.07) is 13.1. The SMILES string of the molecule is CC(=O)c1ccc(NC(=O)[C@H](C)OC(=O)/C(C#N)=C/c2ccc3c(c2)OCO3)cc1. The van der Waals surface area contributed by atoms with Crippen LogP contribution in [0, 0.1) is 11.3 Å². The second-order valence-electron chi connectivity index (χ2n) is 6.45. The maximum atomic E-state index is 12.3. The summed E-state index contributed by atoms with van der Waals surface area (Å²) in [6.07, 6.45) is 0.202. The van der Waals surface area contributed by atoms with Crippen molar-refractivity contribution in [3.63, 3.8) is 0 Å². The average molecular weight is 406 g/mol. The summed E-state index contributed by atoms with van der Waals surface area (Å²) < 4.78 is 15.6. The standard InChI is InChI=1S/C22H18N2O6/c1-13(25)16-4-6-18(7-5-16)24-21(26)14(2)30-22(27)17(11-23)9-15-3-8-19-20(10-15)29-12-28-19/h3-10,14H,12H2,1-2H3,(H,24,26)/b17-9+/t14-/m0/s1. The number of nitrogens with zero attached hydrogens (tertiary/aromatic N) is 1. The molecule has 0 unspecified atom stereocenters. The van der Waals surface area contributed by atoms with Gasteiger partial charge in [0, 0.05) is 11.3 Å². The second-order valence-corrected chi connectivity index (χ2v) is 6.45. The highest BCUT2D eigenvalue weighted by molar-refractivity contribution is 6.01. The van der Waals surface area contributed by atoms with Crippen LogP contribution < -0.4 is 14.8 Å². The monoisotopic (exact) mass is 406 g/mol. The molecule has 0 saturated carbocycles. The molecule has 152 valence electrons. The maximum absolute atomic E-state index is 12.3. The van der Waals surface area contributed by atoms with Crippen molar-refractivity contribution < 1.29 is 28.6 Å². The molecule has 3 rings (SSSR count). The first-order valence-corrected chi connectivity index (χ1v) is 9.01. The maximum Gasteiger partial charge on any atom is 0.349 e. The smallest absolute Gasteiger partial charge is 0.349 e. The molecule has 8 heteroatoms. The molecule has 2 aromatic carbocycles. The predicted molar refractivity (Wildman–Crippen MR) is 107 cm³/mol. The molecule has 0 spiro atoms. The molecule has 0 saturated heterocycles.